The molecule has 0 spiro atoms. The molecule has 17 heavy (non-hydrogen) atoms. The maximum atomic E-state index is 6.02. The van der Waals surface area contributed by atoms with Crippen LogP contribution in [0.5, 0.6) is 0 Å². The van der Waals surface area contributed by atoms with E-state index in [9.17, 15) is 0 Å². The summed E-state index contributed by atoms with van der Waals surface area (Å²) in [6.45, 7) is 1.68. The summed E-state index contributed by atoms with van der Waals surface area (Å²) >= 11 is 2.03. The summed E-state index contributed by atoms with van der Waals surface area (Å²) in [5.74, 6) is 2.43. The predicted molar refractivity (Wildman–Crippen MR) is 73.0 cm³/mol. The first-order chi connectivity index (χ1) is 8.16. The molecular weight excluding hydrogens is 232 g/mol. The van der Waals surface area contributed by atoms with E-state index in [0.717, 1.165) is 18.8 Å². The van der Waals surface area contributed by atoms with E-state index in [0.29, 0.717) is 0 Å². The molecule has 0 aromatic carbocycles. The van der Waals surface area contributed by atoms with Gasteiger partial charge in [-0.15, -0.1) is 0 Å². The third-order valence-corrected chi connectivity index (χ3v) is 4.99. The van der Waals surface area contributed by atoms with Crippen LogP contribution in [0, 0.1) is 0 Å². The van der Waals surface area contributed by atoms with Gasteiger partial charge in [0, 0.05) is 43.2 Å². The molecule has 1 aromatic heterocycles. The normalized spacial score (nSPS) is 25.4. The van der Waals surface area contributed by atoms with Crippen molar-refractivity contribution in [3.63, 3.8) is 0 Å². The number of nitrogens with zero attached hydrogens (tertiary/aromatic N) is 3. The maximum Gasteiger partial charge on any atom is 0.0534 e. The molecule has 1 aliphatic rings. The monoisotopic (exact) mass is 254 g/mol. The number of aryl methyl sites for hydroxylation is 1. The second-order valence-electron chi connectivity index (χ2n) is 4.96. The van der Waals surface area contributed by atoms with Gasteiger partial charge in [-0.3, -0.25) is 9.58 Å². The number of hydrogen-bond donors (Lipinski definition) is 1. The molecule has 2 heterocycles. The third-order valence-electron chi connectivity index (χ3n) is 3.67. The van der Waals surface area contributed by atoms with Gasteiger partial charge in [0.25, 0.3) is 0 Å². The number of hydrogen-bond acceptors (Lipinski definition) is 4. The highest BCUT2D eigenvalue weighted by molar-refractivity contribution is 7.99. The molecule has 0 amide bonds. The molecule has 2 N–H and O–H groups in total. The van der Waals surface area contributed by atoms with Crippen LogP contribution in [0.4, 0.5) is 0 Å². The number of nitrogens with two attached hydrogens (primary N) is 1. The number of likely N-dealkylation sites (N-methyl/N-ethyl adjacent to an activating group) is 1. The Morgan fingerprint density at radius 1 is 1.65 bits per heavy atom. The molecule has 1 unspecified atom stereocenters. The largest absolute Gasteiger partial charge is 0.329 e. The Bertz CT molecular complexity index is 357. The maximum absolute atomic E-state index is 6.02. The molecule has 1 atom stereocenters. The van der Waals surface area contributed by atoms with E-state index in [1.165, 1.54) is 24.2 Å². The van der Waals surface area contributed by atoms with Crippen molar-refractivity contribution >= 4 is 11.8 Å². The number of aromatic nitrogens is 2. The van der Waals surface area contributed by atoms with Crippen LogP contribution in [0.3, 0.4) is 0 Å². The van der Waals surface area contributed by atoms with E-state index in [2.05, 4.69) is 23.2 Å². The highest BCUT2D eigenvalue weighted by Crippen LogP contribution is 2.31. The van der Waals surface area contributed by atoms with Gasteiger partial charge in [-0.25, -0.2) is 0 Å². The summed E-state index contributed by atoms with van der Waals surface area (Å²) in [5.41, 5.74) is 7.46. The SMILES string of the molecule is CN(Cc1cnn(C)c1)C1(CN)CCCSC1. The lowest BCUT2D eigenvalue weighted by atomic mass is 9.93. The second-order valence-corrected chi connectivity index (χ2v) is 6.07. The summed E-state index contributed by atoms with van der Waals surface area (Å²) in [6, 6.07) is 0. The molecule has 1 aromatic rings. The van der Waals surface area contributed by atoms with Gasteiger partial charge in [0.05, 0.1) is 6.20 Å². The van der Waals surface area contributed by atoms with Crippen molar-refractivity contribution in [1.82, 2.24) is 14.7 Å². The fraction of sp³-hybridized carbons (Fsp3) is 0.750. The molecule has 0 radical (unpaired) electrons. The van der Waals surface area contributed by atoms with Gasteiger partial charge in [-0.05, 0) is 25.6 Å². The predicted octanol–water partition coefficient (Wildman–Crippen LogP) is 1.08. The lowest BCUT2D eigenvalue weighted by Crippen LogP contribution is -2.55. The van der Waals surface area contributed by atoms with Gasteiger partial charge >= 0.3 is 0 Å². The molecule has 1 saturated heterocycles. The van der Waals surface area contributed by atoms with E-state index in [1.54, 1.807) is 0 Å². The van der Waals surface area contributed by atoms with Crippen molar-refractivity contribution in [1.29, 1.82) is 0 Å². The van der Waals surface area contributed by atoms with Crippen molar-refractivity contribution in [2.75, 3.05) is 25.1 Å². The summed E-state index contributed by atoms with van der Waals surface area (Å²) in [6.07, 6.45) is 6.51. The minimum atomic E-state index is 0.179. The first-order valence-corrected chi connectivity index (χ1v) is 7.28. The highest BCUT2D eigenvalue weighted by atomic mass is 32.2. The molecule has 0 bridgehead atoms. The average molecular weight is 254 g/mol. The van der Waals surface area contributed by atoms with Crippen LogP contribution in [0.2, 0.25) is 0 Å². The molecule has 5 heteroatoms. The Balaban J connectivity index is 2.04. The van der Waals surface area contributed by atoms with Crippen LogP contribution < -0.4 is 5.73 Å². The van der Waals surface area contributed by atoms with E-state index >= 15 is 0 Å². The zero-order chi connectivity index (χ0) is 12.3. The fourth-order valence-electron chi connectivity index (χ4n) is 2.45. The van der Waals surface area contributed by atoms with E-state index in [4.69, 9.17) is 5.73 Å². The molecule has 96 valence electrons. The zero-order valence-corrected chi connectivity index (χ0v) is 11.5. The second kappa shape index (κ2) is 5.42. The van der Waals surface area contributed by atoms with Crippen LogP contribution in [0.15, 0.2) is 12.4 Å². The van der Waals surface area contributed by atoms with Crippen LogP contribution >= 0.6 is 11.8 Å². The van der Waals surface area contributed by atoms with Crippen molar-refractivity contribution in [3.05, 3.63) is 18.0 Å². The number of rotatable bonds is 4. The Hall–Kier alpha value is -0.520. The van der Waals surface area contributed by atoms with E-state index in [-0.39, 0.29) is 5.54 Å². The first kappa shape index (κ1) is 12.9. The van der Waals surface area contributed by atoms with Gasteiger partial charge in [-0.1, -0.05) is 0 Å². The molecule has 1 fully saturated rings. The van der Waals surface area contributed by atoms with Gasteiger partial charge in [-0.2, -0.15) is 16.9 Å². The Morgan fingerprint density at radius 2 is 2.47 bits per heavy atom. The molecule has 2 rings (SSSR count). The third kappa shape index (κ3) is 2.84. The summed E-state index contributed by atoms with van der Waals surface area (Å²) in [5, 5.41) is 4.22. The zero-order valence-electron chi connectivity index (χ0n) is 10.7. The minimum Gasteiger partial charge on any atom is -0.329 e. The van der Waals surface area contributed by atoms with Crippen molar-refractivity contribution in [2.45, 2.75) is 24.9 Å². The van der Waals surface area contributed by atoms with Gasteiger partial charge in [0.15, 0.2) is 0 Å². The molecular formula is C12H22N4S. The van der Waals surface area contributed by atoms with Crippen LogP contribution in [0.25, 0.3) is 0 Å². The van der Waals surface area contributed by atoms with Gasteiger partial charge < -0.3 is 5.73 Å². The molecule has 1 aliphatic heterocycles. The first-order valence-electron chi connectivity index (χ1n) is 6.13. The number of thioether (sulfide) groups is 1. The highest BCUT2D eigenvalue weighted by Gasteiger charge is 2.35. The molecule has 0 saturated carbocycles. The Labute approximate surface area is 108 Å². The standard InChI is InChI=1S/C12H22N4S/c1-15(7-11-6-14-16(2)8-11)12(9-13)4-3-5-17-10-12/h6,8H,3-5,7,9-10,13H2,1-2H3. The van der Waals surface area contributed by atoms with Crippen LogP contribution in [-0.4, -0.2) is 45.3 Å². The summed E-state index contributed by atoms with van der Waals surface area (Å²) < 4.78 is 1.86. The van der Waals surface area contributed by atoms with Gasteiger partial charge in [0.2, 0.25) is 0 Å². The topological polar surface area (TPSA) is 47.1 Å². The van der Waals surface area contributed by atoms with Gasteiger partial charge in [0.1, 0.15) is 0 Å². The quantitative estimate of drug-likeness (QED) is 0.873. The summed E-state index contributed by atoms with van der Waals surface area (Å²) in [7, 11) is 4.14. The summed E-state index contributed by atoms with van der Waals surface area (Å²) in [4.78, 5) is 2.41. The van der Waals surface area contributed by atoms with E-state index < -0.39 is 0 Å². The average Bonchev–Trinajstić information content (AvgIpc) is 2.75. The molecule has 0 aliphatic carbocycles. The smallest absolute Gasteiger partial charge is 0.0534 e. The van der Waals surface area contributed by atoms with Crippen LogP contribution in [-0.2, 0) is 13.6 Å². The Kier molecular flexibility index (Phi) is 4.12. The van der Waals surface area contributed by atoms with Crippen molar-refractivity contribution < 1.29 is 0 Å². The lowest BCUT2D eigenvalue weighted by Gasteiger charge is -2.43. The van der Waals surface area contributed by atoms with Crippen LogP contribution in [0.1, 0.15) is 18.4 Å². The Morgan fingerprint density at radius 3 is 3.00 bits per heavy atom. The van der Waals surface area contributed by atoms with E-state index in [1.807, 2.05) is 29.7 Å². The molecule has 4 nitrogen and oxygen atoms in total. The fourth-order valence-corrected chi connectivity index (χ4v) is 3.81. The minimum absolute atomic E-state index is 0.179. The lowest BCUT2D eigenvalue weighted by molar-refractivity contribution is 0.127. The van der Waals surface area contributed by atoms with Crippen molar-refractivity contribution in [2.24, 2.45) is 12.8 Å². The van der Waals surface area contributed by atoms with Crippen molar-refractivity contribution in [3.8, 4) is 0 Å².